The maximum absolute atomic E-state index is 12.4. The van der Waals surface area contributed by atoms with E-state index in [1.165, 1.54) is 6.92 Å². The van der Waals surface area contributed by atoms with E-state index in [-0.39, 0.29) is 23.7 Å². The number of amides is 3. The van der Waals surface area contributed by atoms with E-state index in [4.69, 9.17) is 4.74 Å². The van der Waals surface area contributed by atoms with E-state index in [0.29, 0.717) is 19.4 Å². The quantitative estimate of drug-likeness (QED) is 0.434. The number of hydrogen-bond acceptors (Lipinski definition) is 5. The van der Waals surface area contributed by atoms with E-state index in [1.54, 1.807) is 0 Å². The molecule has 7 nitrogen and oxygen atoms in total. The molecule has 1 heterocycles. The van der Waals surface area contributed by atoms with E-state index in [0.717, 1.165) is 11.3 Å². The maximum atomic E-state index is 12.4. The van der Waals surface area contributed by atoms with Crippen LogP contribution in [0.3, 0.4) is 0 Å². The molecule has 0 bridgehead atoms. The van der Waals surface area contributed by atoms with Crippen molar-refractivity contribution in [2.45, 2.75) is 39.2 Å². The molecule has 0 aromatic heterocycles. The summed E-state index contributed by atoms with van der Waals surface area (Å²) in [5.41, 5.74) is 0. The summed E-state index contributed by atoms with van der Waals surface area (Å²) in [5.74, 6) is -2.56. The number of rotatable bonds is 6. The second-order valence-corrected chi connectivity index (χ2v) is 5.84. The third kappa shape index (κ3) is 3.60. The number of allylic oxidation sites excluding steroid dienone is 2. The van der Waals surface area contributed by atoms with Gasteiger partial charge in [-0.15, -0.1) is 0 Å². The van der Waals surface area contributed by atoms with Crippen LogP contribution in [-0.4, -0.2) is 47.8 Å². The van der Waals surface area contributed by atoms with Crippen molar-refractivity contribution in [3.05, 3.63) is 12.2 Å². The molecule has 2 aliphatic rings. The molecule has 0 saturated carbocycles. The van der Waals surface area contributed by atoms with Crippen LogP contribution in [0.1, 0.15) is 33.1 Å². The van der Waals surface area contributed by atoms with Crippen LogP contribution in [0.15, 0.2) is 12.2 Å². The van der Waals surface area contributed by atoms with Gasteiger partial charge < -0.3 is 10.1 Å². The Hall–Kier alpha value is -2.18. The minimum absolute atomic E-state index is 0.329. The Morgan fingerprint density at radius 3 is 2.35 bits per heavy atom. The third-order valence-corrected chi connectivity index (χ3v) is 4.19. The Morgan fingerprint density at radius 2 is 1.83 bits per heavy atom. The van der Waals surface area contributed by atoms with Gasteiger partial charge in [0.25, 0.3) is 5.91 Å². The molecule has 1 saturated heterocycles. The van der Waals surface area contributed by atoms with Gasteiger partial charge in [-0.2, -0.15) is 0 Å². The number of ether oxygens (including phenoxy) is 1. The number of hydrogen-bond donors (Lipinski definition) is 1. The molecule has 0 aromatic rings. The lowest BCUT2D eigenvalue weighted by Gasteiger charge is -2.21. The van der Waals surface area contributed by atoms with Crippen molar-refractivity contribution < 1.29 is 23.9 Å². The largest absolute Gasteiger partial charge is 0.454 e. The summed E-state index contributed by atoms with van der Waals surface area (Å²) in [7, 11) is 0. The SMILES string of the molecule is CCCNC(=O)COC(=O)[C@H](C)N1C(=O)[C@H]2CC=CC[C@@H]2C1=O. The number of likely N-dealkylation sites (tertiary alicyclic amines) is 1. The van der Waals surface area contributed by atoms with E-state index >= 15 is 0 Å². The van der Waals surface area contributed by atoms with Gasteiger partial charge in [0.2, 0.25) is 11.8 Å². The van der Waals surface area contributed by atoms with Crippen molar-refractivity contribution in [2.75, 3.05) is 13.2 Å². The van der Waals surface area contributed by atoms with Crippen LogP contribution in [0.25, 0.3) is 0 Å². The molecular formula is C16H22N2O5. The standard InChI is InChI=1S/C16H22N2O5/c1-3-8-17-13(19)9-23-16(22)10(2)18-14(20)11-6-4-5-7-12(11)15(18)21/h4-5,10-12H,3,6-9H2,1-2H3,(H,17,19)/t10-,11-,12-/m0/s1. The van der Waals surface area contributed by atoms with Crippen molar-refractivity contribution in [2.24, 2.45) is 11.8 Å². The van der Waals surface area contributed by atoms with E-state index in [1.807, 2.05) is 19.1 Å². The number of nitrogens with zero attached hydrogens (tertiary/aromatic N) is 1. The molecule has 23 heavy (non-hydrogen) atoms. The molecule has 2 rings (SSSR count). The highest BCUT2D eigenvalue weighted by Gasteiger charge is 2.50. The van der Waals surface area contributed by atoms with Crippen molar-refractivity contribution >= 4 is 23.7 Å². The Morgan fingerprint density at radius 1 is 1.26 bits per heavy atom. The third-order valence-electron chi connectivity index (χ3n) is 4.19. The molecule has 3 amide bonds. The summed E-state index contributed by atoms with van der Waals surface area (Å²) >= 11 is 0. The van der Waals surface area contributed by atoms with Gasteiger partial charge in [0.05, 0.1) is 11.8 Å². The van der Waals surface area contributed by atoms with Gasteiger partial charge in [0, 0.05) is 6.54 Å². The van der Waals surface area contributed by atoms with E-state index in [9.17, 15) is 19.2 Å². The average molecular weight is 322 g/mol. The van der Waals surface area contributed by atoms with Gasteiger partial charge in [-0.05, 0) is 26.2 Å². The van der Waals surface area contributed by atoms with Gasteiger partial charge in [0.1, 0.15) is 6.04 Å². The number of fused-ring (bicyclic) bond motifs is 1. The fraction of sp³-hybridized carbons (Fsp3) is 0.625. The lowest BCUT2D eigenvalue weighted by Crippen LogP contribution is -2.45. The van der Waals surface area contributed by atoms with Crippen molar-refractivity contribution in [3.63, 3.8) is 0 Å². The molecule has 1 aliphatic carbocycles. The number of carbonyl (C=O) groups is 4. The van der Waals surface area contributed by atoms with Crippen molar-refractivity contribution in [1.82, 2.24) is 10.2 Å². The molecule has 0 unspecified atom stereocenters. The van der Waals surface area contributed by atoms with E-state index < -0.39 is 24.5 Å². The number of imide groups is 1. The monoisotopic (exact) mass is 322 g/mol. The van der Waals surface area contributed by atoms with Crippen LogP contribution in [0, 0.1) is 11.8 Å². The molecule has 1 aliphatic heterocycles. The Bertz CT molecular complexity index is 517. The highest BCUT2D eigenvalue weighted by molar-refractivity contribution is 6.08. The zero-order valence-electron chi connectivity index (χ0n) is 13.4. The molecule has 1 fully saturated rings. The predicted octanol–water partition coefficient (Wildman–Crippen LogP) is 0.395. The number of nitrogens with one attached hydrogen (secondary N) is 1. The maximum Gasteiger partial charge on any atom is 0.329 e. The first kappa shape index (κ1) is 17.2. The molecule has 0 spiro atoms. The lowest BCUT2D eigenvalue weighted by molar-refractivity contribution is -0.159. The zero-order chi connectivity index (χ0) is 17.0. The minimum Gasteiger partial charge on any atom is -0.454 e. The molecule has 126 valence electrons. The first-order valence-electron chi connectivity index (χ1n) is 7.92. The Labute approximate surface area is 135 Å². The van der Waals surface area contributed by atoms with Crippen LogP contribution < -0.4 is 5.32 Å². The Kier molecular flexibility index (Phi) is 5.52. The Balaban J connectivity index is 1.93. The summed E-state index contributed by atoms with van der Waals surface area (Å²) in [6.07, 6.45) is 5.59. The van der Waals surface area contributed by atoms with Crippen molar-refractivity contribution in [1.29, 1.82) is 0 Å². The molecule has 7 heteroatoms. The smallest absolute Gasteiger partial charge is 0.329 e. The van der Waals surface area contributed by atoms with Crippen molar-refractivity contribution in [3.8, 4) is 0 Å². The van der Waals surface area contributed by atoms with Gasteiger partial charge in [-0.3, -0.25) is 19.3 Å². The number of carbonyl (C=O) groups excluding carboxylic acids is 4. The lowest BCUT2D eigenvalue weighted by atomic mass is 9.85. The summed E-state index contributed by atoms with van der Waals surface area (Å²) < 4.78 is 4.91. The molecule has 3 atom stereocenters. The van der Waals surface area contributed by atoms with Crippen LogP contribution in [-0.2, 0) is 23.9 Å². The van der Waals surface area contributed by atoms with Crippen LogP contribution >= 0.6 is 0 Å². The highest BCUT2D eigenvalue weighted by atomic mass is 16.5. The van der Waals surface area contributed by atoms with Gasteiger partial charge in [-0.25, -0.2) is 4.79 Å². The van der Waals surface area contributed by atoms with E-state index in [2.05, 4.69) is 5.32 Å². The first-order chi connectivity index (χ1) is 11.0. The normalized spacial score (nSPS) is 24.3. The zero-order valence-corrected chi connectivity index (χ0v) is 13.4. The van der Waals surface area contributed by atoms with Gasteiger partial charge >= 0.3 is 5.97 Å². The fourth-order valence-electron chi connectivity index (χ4n) is 2.89. The molecular weight excluding hydrogens is 300 g/mol. The summed E-state index contributed by atoms with van der Waals surface area (Å²) in [4.78, 5) is 49.2. The first-order valence-corrected chi connectivity index (χ1v) is 7.92. The number of esters is 1. The topological polar surface area (TPSA) is 92.8 Å². The van der Waals surface area contributed by atoms with Crippen LogP contribution in [0.2, 0.25) is 0 Å². The van der Waals surface area contributed by atoms with Crippen LogP contribution in [0.4, 0.5) is 0 Å². The fourth-order valence-corrected chi connectivity index (χ4v) is 2.89. The average Bonchev–Trinajstić information content (AvgIpc) is 2.81. The molecule has 0 radical (unpaired) electrons. The van der Waals surface area contributed by atoms with Gasteiger partial charge in [-0.1, -0.05) is 19.1 Å². The summed E-state index contributed by atoms with van der Waals surface area (Å²) in [6, 6.07) is -1.01. The second kappa shape index (κ2) is 7.39. The van der Waals surface area contributed by atoms with Crippen LogP contribution in [0.5, 0.6) is 0 Å². The molecule has 0 aromatic carbocycles. The minimum atomic E-state index is -1.01. The molecule has 1 N–H and O–H groups in total. The second-order valence-electron chi connectivity index (χ2n) is 5.84. The predicted molar refractivity (Wildman–Crippen MR) is 80.9 cm³/mol. The summed E-state index contributed by atoms with van der Waals surface area (Å²) in [6.45, 7) is 3.46. The highest BCUT2D eigenvalue weighted by Crippen LogP contribution is 2.36. The summed E-state index contributed by atoms with van der Waals surface area (Å²) in [5, 5.41) is 2.58. The van der Waals surface area contributed by atoms with Gasteiger partial charge in [0.15, 0.2) is 6.61 Å².